The molecule has 1 amide bonds. The van der Waals surface area contributed by atoms with Crippen LogP contribution in [0.15, 0.2) is 65.6 Å². The predicted molar refractivity (Wildman–Crippen MR) is 136 cm³/mol. The molecule has 1 fully saturated rings. The molecule has 35 heavy (non-hydrogen) atoms. The van der Waals surface area contributed by atoms with E-state index in [0.717, 1.165) is 24.0 Å². The van der Waals surface area contributed by atoms with Crippen LogP contribution in [0.5, 0.6) is 11.5 Å². The minimum atomic E-state index is -3.74. The molecule has 4 rings (SSSR count). The number of anilines is 1. The molecule has 1 unspecified atom stereocenters. The van der Waals surface area contributed by atoms with Crippen molar-refractivity contribution in [3.63, 3.8) is 0 Å². The van der Waals surface area contributed by atoms with E-state index in [1.54, 1.807) is 57.5 Å². The number of amides is 1. The van der Waals surface area contributed by atoms with Crippen molar-refractivity contribution < 1.29 is 22.7 Å². The Balaban J connectivity index is 1.52. The Morgan fingerprint density at radius 1 is 0.943 bits per heavy atom. The van der Waals surface area contributed by atoms with Crippen LogP contribution in [0, 0.1) is 13.8 Å². The highest BCUT2D eigenvalue weighted by molar-refractivity contribution is 7.92. The molecule has 0 radical (unpaired) electrons. The quantitative estimate of drug-likeness (QED) is 0.494. The van der Waals surface area contributed by atoms with Gasteiger partial charge in [0.25, 0.3) is 15.9 Å². The highest BCUT2D eigenvalue weighted by atomic mass is 32.2. The maximum Gasteiger partial charge on any atom is 0.262 e. The maximum atomic E-state index is 13.3. The van der Waals surface area contributed by atoms with Gasteiger partial charge in [-0.3, -0.25) is 9.52 Å². The second-order valence-corrected chi connectivity index (χ2v) is 10.4. The molecule has 0 spiro atoms. The molecule has 1 saturated heterocycles. The third-order valence-corrected chi connectivity index (χ3v) is 7.85. The predicted octanol–water partition coefficient (Wildman–Crippen LogP) is 5.10. The van der Waals surface area contributed by atoms with Crippen molar-refractivity contribution in [2.45, 2.75) is 37.6 Å². The zero-order chi connectivity index (χ0) is 25.2. The van der Waals surface area contributed by atoms with E-state index in [9.17, 15) is 13.2 Å². The van der Waals surface area contributed by atoms with Crippen LogP contribution in [-0.4, -0.2) is 40.0 Å². The van der Waals surface area contributed by atoms with Gasteiger partial charge >= 0.3 is 0 Å². The Morgan fingerprint density at radius 2 is 1.66 bits per heavy atom. The van der Waals surface area contributed by atoms with Crippen LogP contribution < -0.4 is 14.2 Å². The number of carbonyl (C=O) groups excluding carboxylic acids is 1. The lowest BCUT2D eigenvalue weighted by atomic mass is 10.0. The third kappa shape index (κ3) is 5.12. The van der Waals surface area contributed by atoms with Gasteiger partial charge in [-0.25, -0.2) is 8.42 Å². The fourth-order valence-corrected chi connectivity index (χ4v) is 5.86. The Morgan fingerprint density at radius 3 is 2.34 bits per heavy atom. The molecular formula is C27H30N2O5S. The van der Waals surface area contributed by atoms with Gasteiger partial charge in [-0.05, 0) is 85.8 Å². The zero-order valence-corrected chi connectivity index (χ0v) is 21.2. The number of hydrogen-bond acceptors (Lipinski definition) is 5. The number of likely N-dealkylation sites (tertiary alicyclic amines) is 1. The number of nitrogens with one attached hydrogen (secondary N) is 1. The van der Waals surface area contributed by atoms with Crippen molar-refractivity contribution in [2.75, 3.05) is 25.5 Å². The summed E-state index contributed by atoms with van der Waals surface area (Å²) in [7, 11) is -0.555. The van der Waals surface area contributed by atoms with E-state index in [4.69, 9.17) is 9.47 Å². The first-order chi connectivity index (χ1) is 16.7. The van der Waals surface area contributed by atoms with Gasteiger partial charge in [-0.1, -0.05) is 18.2 Å². The molecule has 184 valence electrons. The number of ether oxygens (including phenoxy) is 2. The summed E-state index contributed by atoms with van der Waals surface area (Å²) >= 11 is 0. The molecule has 0 aliphatic carbocycles. The molecule has 1 aliphatic heterocycles. The zero-order valence-electron chi connectivity index (χ0n) is 20.4. The van der Waals surface area contributed by atoms with Gasteiger partial charge in [0.2, 0.25) is 0 Å². The van der Waals surface area contributed by atoms with Crippen LogP contribution >= 0.6 is 0 Å². The van der Waals surface area contributed by atoms with E-state index < -0.39 is 10.0 Å². The minimum Gasteiger partial charge on any atom is -0.493 e. The molecular weight excluding hydrogens is 464 g/mol. The van der Waals surface area contributed by atoms with Crippen LogP contribution in [0.2, 0.25) is 0 Å². The summed E-state index contributed by atoms with van der Waals surface area (Å²) in [6.45, 7) is 4.27. The summed E-state index contributed by atoms with van der Waals surface area (Å²) < 4.78 is 39.2. The lowest BCUT2D eigenvalue weighted by molar-refractivity contribution is 0.0735. The van der Waals surface area contributed by atoms with E-state index in [1.165, 1.54) is 0 Å². The highest BCUT2D eigenvalue weighted by Crippen LogP contribution is 2.37. The van der Waals surface area contributed by atoms with Crippen molar-refractivity contribution >= 4 is 21.6 Å². The molecule has 3 aromatic carbocycles. The fraction of sp³-hybridized carbons (Fsp3) is 0.296. The monoisotopic (exact) mass is 494 g/mol. The van der Waals surface area contributed by atoms with Gasteiger partial charge in [0.05, 0.1) is 25.2 Å². The minimum absolute atomic E-state index is 0.0650. The van der Waals surface area contributed by atoms with E-state index in [-0.39, 0.29) is 16.8 Å². The number of rotatable bonds is 7. The Kier molecular flexibility index (Phi) is 7.03. The average molecular weight is 495 g/mol. The molecule has 0 aromatic heterocycles. The van der Waals surface area contributed by atoms with Gasteiger partial charge in [0.1, 0.15) is 0 Å². The summed E-state index contributed by atoms with van der Waals surface area (Å²) in [5.41, 5.74) is 3.44. The molecule has 0 bridgehead atoms. The molecule has 1 N–H and O–H groups in total. The number of aryl methyl sites for hydroxylation is 2. The number of benzene rings is 3. The number of methoxy groups -OCH3 is 2. The normalized spacial score (nSPS) is 15.7. The van der Waals surface area contributed by atoms with E-state index >= 15 is 0 Å². The smallest absolute Gasteiger partial charge is 0.262 e. The standard InChI is InChI=1S/C27H30N2O5S/c1-18-7-8-19(2)26(16-18)35(31,32)28-22-12-9-20(10-13-22)27(30)29-15-5-6-23(29)21-11-14-24(33-3)25(17-21)34-4/h7-14,16-17,23,28H,5-6,15H2,1-4H3. The van der Waals surface area contributed by atoms with Gasteiger partial charge in [0, 0.05) is 17.8 Å². The van der Waals surface area contributed by atoms with Crippen LogP contribution in [0.1, 0.15) is 45.9 Å². The van der Waals surface area contributed by atoms with Gasteiger partial charge in [0.15, 0.2) is 11.5 Å². The SMILES string of the molecule is COc1ccc(C2CCCN2C(=O)c2ccc(NS(=O)(=O)c3cc(C)ccc3C)cc2)cc1OC. The lowest BCUT2D eigenvalue weighted by Crippen LogP contribution is -2.30. The largest absolute Gasteiger partial charge is 0.493 e. The summed E-state index contributed by atoms with van der Waals surface area (Å²) in [6.07, 6.45) is 1.76. The molecule has 7 nitrogen and oxygen atoms in total. The van der Waals surface area contributed by atoms with Crippen LogP contribution in [0.25, 0.3) is 0 Å². The number of hydrogen-bond donors (Lipinski definition) is 1. The van der Waals surface area contributed by atoms with E-state index in [2.05, 4.69) is 4.72 Å². The van der Waals surface area contributed by atoms with Crippen LogP contribution in [0.3, 0.4) is 0 Å². The van der Waals surface area contributed by atoms with Crippen LogP contribution in [0.4, 0.5) is 5.69 Å². The van der Waals surface area contributed by atoms with Crippen molar-refractivity contribution in [3.8, 4) is 11.5 Å². The van der Waals surface area contributed by atoms with Crippen molar-refractivity contribution in [1.29, 1.82) is 0 Å². The molecule has 8 heteroatoms. The number of sulfonamides is 1. The van der Waals surface area contributed by atoms with Crippen molar-refractivity contribution in [3.05, 3.63) is 82.9 Å². The van der Waals surface area contributed by atoms with Gasteiger partial charge in [-0.2, -0.15) is 0 Å². The average Bonchev–Trinajstić information content (AvgIpc) is 3.34. The highest BCUT2D eigenvalue weighted by Gasteiger charge is 2.31. The molecule has 0 saturated carbocycles. The van der Waals surface area contributed by atoms with E-state index in [0.29, 0.717) is 34.9 Å². The fourth-order valence-electron chi connectivity index (χ4n) is 4.47. The van der Waals surface area contributed by atoms with E-state index in [1.807, 2.05) is 36.1 Å². The first-order valence-electron chi connectivity index (χ1n) is 11.5. The summed E-state index contributed by atoms with van der Waals surface area (Å²) in [5.74, 6) is 1.18. The van der Waals surface area contributed by atoms with Gasteiger partial charge in [-0.15, -0.1) is 0 Å². The van der Waals surface area contributed by atoms with Crippen molar-refractivity contribution in [1.82, 2.24) is 4.90 Å². The third-order valence-electron chi connectivity index (χ3n) is 6.32. The van der Waals surface area contributed by atoms with Crippen LogP contribution in [-0.2, 0) is 10.0 Å². The second-order valence-electron chi connectivity index (χ2n) is 8.72. The Hall–Kier alpha value is -3.52. The first kappa shape index (κ1) is 24.6. The summed E-state index contributed by atoms with van der Waals surface area (Å²) in [5, 5.41) is 0. The molecule has 1 heterocycles. The van der Waals surface area contributed by atoms with Crippen molar-refractivity contribution in [2.24, 2.45) is 0 Å². The first-order valence-corrected chi connectivity index (χ1v) is 12.9. The molecule has 1 aliphatic rings. The molecule has 1 atom stereocenters. The lowest BCUT2D eigenvalue weighted by Gasteiger charge is -2.26. The molecule has 3 aromatic rings. The number of nitrogens with zero attached hydrogens (tertiary/aromatic N) is 1. The Bertz CT molecular complexity index is 1340. The summed E-state index contributed by atoms with van der Waals surface area (Å²) in [6, 6.07) is 17.5. The summed E-state index contributed by atoms with van der Waals surface area (Å²) in [4.78, 5) is 15.4. The second kappa shape index (κ2) is 10.00. The van der Waals surface area contributed by atoms with Gasteiger partial charge < -0.3 is 14.4 Å². The Labute approximate surface area is 206 Å². The number of carbonyl (C=O) groups is 1. The maximum absolute atomic E-state index is 13.3. The topological polar surface area (TPSA) is 84.9 Å².